The zero-order chi connectivity index (χ0) is 20.1. The molecule has 2 aromatic carbocycles. The highest BCUT2D eigenvalue weighted by Gasteiger charge is 2.22. The normalized spacial score (nSPS) is 14.8. The number of halogens is 1. The Bertz CT molecular complexity index is 915. The third kappa shape index (κ3) is 4.88. The van der Waals surface area contributed by atoms with Crippen molar-refractivity contribution in [1.29, 1.82) is 0 Å². The second-order valence-electron chi connectivity index (χ2n) is 6.33. The lowest BCUT2D eigenvalue weighted by Crippen LogP contribution is -2.28. The second-order valence-corrected chi connectivity index (χ2v) is 7.87. The first-order valence-corrected chi connectivity index (χ1v) is 10.2. The fourth-order valence-corrected chi connectivity index (χ4v) is 3.81. The standard InChI is InChI=1S/C21H21ClN2O3S/c1-13(15-6-4-3-5-7-15)23-20(25)17-12-16(22)8-9-18(17)24-21(26)19-14(2)27-10-11-28-19/h3-9,12-13H,10-11H2,1-2H3,(H,23,25)(H,24,26)/t13-/m1/s1. The lowest BCUT2D eigenvalue weighted by atomic mass is 10.1. The fraction of sp³-hybridized carbons (Fsp3) is 0.238. The van der Waals surface area contributed by atoms with Crippen molar-refractivity contribution in [2.24, 2.45) is 0 Å². The van der Waals surface area contributed by atoms with Gasteiger partial charge in [-0.15, -0.1) is 11.8 Å². The van der Waals surface area contributed by atoms with Gasteiger partial charge in [0.2, 0.25) is 0 Å². The first kappa shape index (κ1) is 20.3. The van der Waals surface area contributed by atoms with Crippen LogP contribution in [0.4, 0.5) is 5.69 Å². The van der Waals surface area contributed by atoms with Crippen molar-refractivity contribution in [3.8, 4) is 0 Å². The molecule has 0 saturated carbocycles. The number of carbonyl (C=O) groups excluding carboxylic acids is 2. The topological polar surface area (TPSA) is 67.4 Å². The average molecular weight is 417 g/mol. The Labute approximate surface area is 173 Å². The summed E-state index contributed by atoms with van der Waals surface area (Å²) in [7, 11) is 0. The van der Waals surface area contributed by atoms with Crippen LogP contribution in [0.1, 0.15) is 35.8 Å². The summed E-state index contributed by atoms with van der Waals surface area (Å²) in [6, 6.07) is 14.3. The molecule has 2 N–H and O–H groups in total. The molecular weight excluding hydrogens is 396 g/mol. The second kappa shape index (κ2) is 9.17. The highest BCUT2D eigenvalue weighted by molar-refractivity contribution is 8.04. The monoisotopic (exact) mass is 416 g/mol. The summed E-state index contributed by atoms with van der Waals surface area (Å²) in [5, 5.41) is 6.18. The summed E-state index contributed by atoms with van der Waals surface area (Å²) in [5.41, 5.74) is 1.70. The van der Waals surface area contributed by atoms with Gasteiger partial charge in [0.25, 0.3) is 11.8 Å². The molecule has 1 atom stereocenters. The first-order valence-electron chi connectivity index (χ1n) is 8.89. The molecular formula is C21H21ClN2O3S. The maximum absolute atomic E-state index is 12.9. The van der Waals surface area contributed by atoms with E-state index in [0.717, 1.165) is 5.56 Å². The van der Waals surface area contributed by atoms with Crippen molar-refractivity contribution in [3.63, 3.8) is 0 Å². The number of hydrogen-bond donors (Lipinski definition) is 2. The quantitative estimate of drug-likeness (QED) is 0.737. The minimum Gasteiger partial charge on any atom is -0.496 e. The number of rotatable bonds is 5. The van der Waals surface area contributed by atoms with Gasteiger partial charge in [-0.3, -0.25) is 9.59 Å². The molecule has 5 nitrogen and oxygen atoms in total. The average Bonchev–Trinajstić information content (AvgIpc) is 2.70. The molecule has 0 bridgehead atoms. The number of amides is 2. The molecule has 3 rings (SSSR count). The largest absolute Gasteiger partial charge is 0.496 e. The van der Waals surface area contributed by atoms with E-state index in [1.165, 1.54) is 11.8 Å². The van der Waals surface area contributed by atoms with Crippen LogP contribution in [0.2, 0.25) is 5.02 Å². The van der Waals surface area contributed by atoms with Crippen LogP contribution in [0.5, 0.6) is 0 Å². The number of allylic oxidation sites excluding steroid dienone is 1. The summed E-state index contributed by atoms with van der Waals surface area (Å²) < 4.78 is 5.45. The third-order valence-corrected chi connectivity index (χ3v) is 5.66. The summed E-state index contributed by atoms with van der Waals surface area (Å²) in [5.74, 6) is 0.691. The molecule has 0 aromatic heterocycles. The van der Waals surface area contributed by atoms with Crippen LogP contribution in [0.3, 0.4) is 0 Å². The predicted octanol–water partition coefficient (Wildman–Crippen LogP) is 4.76. The molecule has 28 heavy (non-hydrogen) atoms. The minimum atomic E-state index is -0.313. The van der Waals surface area contributed by atoms with Gasteiger partial charge < -0.3 is 15.4 Å². The van der Waals surface area contributed by atoms with E-state index >= 15 is 0 Å². The smallest absolute Gasteiger partial charge is 0.265 e. The molecule has 0 radical (unpaired) electrons. The molecule has 2 amide bonds. The lowest BCUT2D eigenvalue weighted by molar-refractivity contribution is -0.112. The Morgan fingerprint density at radius 1 is 1.14 bits per heavy atom. The Morgan fingerprint density at radius 2 is 1.89 bits per heavy atom. The third-order valence-electron chi connectivity index (χ3n) is 4.30. The van der Waals surface area contributed by atoms with Crippen LogP contribution in [0.15, 0.2) is 59.2 Å². The van der Waals surface area contributed by atoms with E-state index < -0.39 is 0 Å². The highest BCUT2D eigenvalue weighted by atomic mass is 35.5. The maximum atomic E-state index is 12.9. The van der Waals surface area contributed by atoms with Crippen LogP contribution in [-0.2, 0) is 9.53 Å². The lowest BCUT2D eigenvalue weighted by Gasteiger charge is -2.19. The summed E-state index contributed by atoms with van der Waals surface area (Å²) >= 11 is 7.54. The van der Waals surface area contributed by atoms with Crippen molar-refractivity contribution < 1.29 is 14.3 Å². The highest BCUT2D eigenvalue weighted by Crippen LogP contribution is 2.28. The molecule has 1 aliphatic rings. The van der Waals surface area contributed by atoms with E-state index in [1.807, 2.05) is 37.3 Å². The summed E-state index contributed by atoms with van der Waals surface area (Å²) in [6.07, 6.45) is 0. The van der Waals surface area contributed by atoms with Gasteiger partial charge in [0.15, 0.2) is 0 Å². The van der Waals surface area contributed by atoms with Gasteiger partial charge in [-0.1, -0.05) is 41.9 Å². The van der Waals surface area contributed by atoms with Crippen LogP contribution < -0.4 is 10.6 Å². The number of carbonyl (C=O) groups is 2. The molecule has 2 aromatic rings. The van der Waals surface area contributed by atoms with Gasteiger partial charge in [-0.25, -0.2) is 0 Å². The first-order chi connectivity index (χ1) is 13.5. The van der Waals surface area contributed by atoms with E-state index in [1.54, 1.807) is 25.1 Å². The molecule has 0 saturated heterocycles. The predicted molar refractivity (Wildman–Crippen MR) is 114 cm³/mol. The maximum Gasteiger partial charge on any atom is 0.265 e. The van der Waals surface area contributed by atoms with Gasteiger partial charge in [-0.05, 0) is 37.6 Å². The van der Waals surface area contributed by atoms with Crippen LogP contribution in [-0.4, -0.2) is 24.2 Å². The molecule has 0 fully saturated rings. The molecule has 146 valence electrons. The van der Waals surface area contributed by atoms with Crippen LogP contribution in [0, 0.1) is 0 Å². The fourth-order valence-electron chi connectivity index (χ4n) is 2.82. The Hall–Kier alpha value is -2.44. The SMILES string of the molecule is CC1=C(C(=O)Nc2ccc(Cl)cc2C(=O)N[C@H](C)c2ccccc2)SCCO1. The zero-order valence-electron chi connectivity index (χ0n) is 15.6. The van der Waals surface area contributed by atoms with Gasteiger partial charge >= 0.3 is 0 Å². The number of thioether (sulfide) groups is 1. The molecule has 1 heterocycles. The van der Waals surface area contributed by atoms with Crippen LogP contribution >= 0.6 is 23.4 Å². The summed E-state index contributed by atoms with van der Waals surface area (Å²) in [6.45, 7) is 4.25. The number of anilines is 1. The number of benzene rings is 2. The van der Waals surface area contributed by atoms with E-state index in [4.69, 9.17) is 16.3 Å². The molecule has 0 unspecified atom stereocenters. The van der Waals surface area contributed by atoms with Crippen molar-refractivity contribution in [2.45, 2.75) is 19.9 Å². The van der Waals surface area contributed by atoms with Gasteiger partial charge in [-0.2, -0.15) is 0 Å². The van der Waals surface area contributed by atoms with E-state index in [0.29, 0.717) is 39.3 Å². The van der Waals surface area contributed by atoms with Crippen LogP contribution in [0.25, 0.3) is 0 Å². The Balaban J connectivity index is 1.80. The van der Waals surface area contributed by atoms with Gasteiger partial charge in [0, 0.05) is 10.8 Å². The van der Waals surface area contributed by atoms with E-state index in [9.17, 15) is 9.59 Å². The van der Waals surface area contributed by atoms with Crippen molar-refractivity contribution in [1.82, 2.24) is 5.32 Å². The number of hydrogen-bond acceptors (Lipinski definition) is 4. The number of ether oxygens (including phenoxy) is 1. The number of nitrogens with one attached hydrogen (secondary N) is 2. The molecule has 1 aliphatic heterocycles. The minimum absolute atomic E-state index is 0.191. The van der Waals surface area contributed by atoms with Gasteiger partial charge in [0.05, 0.1) is 23.9 Å². The Kier molecular flexibility index (Phi) is 6.65. The molecule has 0 spiro atoms. The van der Waals surface area contributed by atoms with E-state index in [-0.39, 0.29) is 17.9 Å². The van der Waals surface area contributed by atoms with Crippen molar-refractivity contribution in [2.75, 3.05) is 17.7 Å². The van der Waals surface area contributed by atoms with Gasteiger partial charge in [0.1, 0.15) is 10.7 Å². The summed E-state index contributed by atoms with van der Waals surface area (Å²) in [4.78, 5) is 26.0. The van der Waals surface area contributed by atoms with Crippen molar-refractivity contribution >= 4 is 40.9 Å². The van der Waals surface area contributed by atoms with Crippen molar-refractivity contribution in [3.05, 3.63) is 75.3 Å². The zero-order valence-corrected chi connectivity index (χ0v) is 17.2. The Morgan fingerprint density at radius 3 is 2.61 bits per heavy atom. The molecule has 0 aliphatic carbocycles. The molecule has 7 heteroatoms. The van der Waals surface area contributed by atoms with E-state index in [2.05, 4.69) is 10.6 Å².